The van der Waals surface area contributed by atoms with E-state index < -0.39 is 6.10 Å². The number of aryl methyl sites for hydroxylation is 1. The minimum absolute atomic E-state index is 0.201. The molecule has 1 unspecified atom stereocenters. The number of carbonyl (C=O) groups is 1. The molecule has 1 N–H and O–H groups in total. The molecule has 4 heteroatoms. The molecule has 0 aromatic heterocycles. The maximum Gasteiger partial charge on any atom is 0.265 e. The summed E-state index contributed by atoms with van der Waals surface area (Å²) in [6.07, 6.45) is 1.66. The van der Waals surface area contributed by atoms with Gasteiger partial charge in [0.25, 0.3) is 5.91 Å². The summed E-state index contributed by atoms with van der Waals surface area (Å²) in [6, 6.07) is 15.0. The van der Waals surface area contributed by atoms with Crippen LogP contribution in [0.15, 0.2) is 61.2 Å². The Morgan fingerprint density at radius 2 is 1.92 bits per heavy atom. The zero-order valence-corrected chi connectivity index (χ0v) is 14.1. The van der Waals surface area contributed by atoms with Gasteiger partial charge in [-0.3, -0.25) is 4.79 Å². The van der Waals surface area contributed by atoms with Crippen LogP contribution in [0.1, 0.15) is 18.9 Å². The average molecular weight is 325 g/mol. The van der Waals surface area contributed by atoms with Crippen molar-refractivity contribution in [3.63, 3.8) is 0 Å². The van der Waals surface area contributed by atoms with Crippen LogP contribution >= 0.6 is 0 Å². The molecule has 1 amide bonds. The van der Waals surface area contributed by atoms with E-state index in [0.29, 0.717) is 30.2 Å². The molecule has 0 heterocycles. The summed E-state index contributed by atoms with van der Waals surface area (Å²) in [7, 11) is 0. The Balaban J connectivity index is 2.06. The molecule has 2 rings (SSSR count). The van der Waals surface area contributed by atoms with Crippen molar-refractivity contribution in [3.05, 3.63) is 66.7 Å². The lowest BCUT2D eigenvalue weighted by Gasteiger charge is -2.18. The van der Waals surface area contributed by atoms with Gasteiger partial charge < -0.3 is 14.8 Å². The Morgan fingerprint density at radius 3 is 2.58 bits per heavy atom. The number of para-hydroxylation sites is 2. The van der Waals surface area contributed by atoms with E-state index in [-0.39, 0.29) is 5.91 Å². The van der Waals surface area contributed by atoms with E-state index in [2.05, 4.69) is 11.9 Å². The van der Waals surface area contributed by atoms with Crippen molar-refractivity contribution < 1.29 is 14.3 Å². The van der Waals surface area contributed by atoms with E-state index >= 15 is 0 Å². The lowest BCUT2D eigenvalue weighted by Crippen LogP contribution is -2.32. The predicted octanol–water partition coefficient (Wildman–Crippen LogP) is 4.36. The van der Waals surface area contributed by atoms with Crippen molar-refractivity contribution in [2.75, 3.05) is 11.9 Å². The fraction of sp³-hybridized carbons (Fsp3) is 0.250. The average Bonchev–Trinajstić information content (AvgIpc) is 2.60. The molecule has 24 heavy (non-hydrogen) atoms. The number of amides is 1. The molecule has 0 saturated heterocycles. The van der Waals surface area contributed by atoms with Gasteiger partial charge in [0.05, 0.1) is 5.69 Å². The van der Waals surface area contributed by atoms with Gasteiger partial charge in [0, 0.05) is 0 Å². The van der Waals surface area contributed by atoms with Crippen molar-refractivity contribution in [1.29, 1.82) is 0 Å². The number of rotatable bonds is 8. The Morgan fingerprint density at radius 1 is 1.21 bits per heavy atom. The maximum absolute atomic E-state index is 12.5. The van der Waals surface area contributed by atoms with Crippen LogP contribution in [-0.4, -0.2) is 18.6 Å². The van der Waals surface area contributed by atoms with Crippen LogP contribution in [0.4, 0.5) is 5.69 Å². The quantitative estimate of drug-likeness (QED) is 0.734. The topological polar surface area (TPSA) is 47.6 Å². The molecule has 126 valence electrons. The highest BCUT2D eigenvalue weighted by Gasteiger charge is 2.19. The first-order valence-corrected chi connectivity index (χ1v) is 8.01. The maximum atomic E-state index is 12.5. The minimum Gasteiger partial charge on any atom is -0.487 e. The molecule has 0 aliphatic carbocycles. The minimum atomic E-state index is -0.569. The van der Waals surface area contributed by atoms with Gasteiger partial charge >= 0.3 is 0 Å². The number of hydrogen-bond donors (Lipinski definition) is 1. The molecule has 0 fully saturated rings. The first-order valence-electron chi connectivity index (χ1n) is 8.01. The van der Waals surface area contributed by atoms with Gasteiger partial charge in [-0.05, 0) is 37.6 Å². The van der Waals surface area contributed by atoms with Gasteiger partial charge in [-0.25, -0.2) is 0 Å². The molecule has 0 spiro atoms. The fourth-order valence-electron chi connectivity index (χ4n) is 2.16. The fourth-order valence-corrected chi connectivity index (χ4v) is 2.16. The molecular formula is C20H23NO3. The van der Waals surface area contributed by atoms with Crippen molar-refractivity contribution >= 4 is 11.6 Å². The Hall–Kier alpha value is -2.75. The summed E-state index contributed by atoms with van der Waals surface area (Å²) in [4.78, 5) is 12.5. The summed E-state index contributed by atoms with van der Waals surface area (Å²) in [5, 5.41) is 2.88. The van der Waals surface area contributed by atoms with Crippen LogP contribution in [-0.2, 0) is 4.79 Å². The molecule has 0 bridgehead atoms. The third kappa shape index (κ3) is 4.88. The summed E-state index contributed by atoms with van der Waals surface area (Å²) in [6.45, 7) is 7.93. The zero-order valence-electron chi connectivity index (χ0n) is 14.1. The summed E-state index contributed by atoms with van der Waals surface area (Å²) >= 11 is 0. The second kappa shape index (κ2) is 8.77. The highest BCUT2D eigenvalue weighted by atomic mass is 16.5. The Labute approximate surface area is 143 Å². The van der Waals surface area contributed by atoms with Crippen molar-refractivity contribution in [3.8, 4) is 11.5 Å². The van der Waals surface area contributed by atoms with Crippen LogP contribution in [0.3, 0.4) is 0 Å². The first-order chi connectivity index (χ1) is 11.6. The van der Waals surface area contributed by atoms with Crippen molar-refractivity contribution in [2.24, 2.45) is 0 Å². The monoisotopic (exact) mass is 325 g/mol. The van der Waals surface area contributed by atoms with E-state index in [1.807, 2.05) is 50.2 Å². The van der Waals surface area contributed by atoms with Gasteiger partial charge in [0.1, 0.15) is 18.1 Å². The van der Waals surface area contributed by atoms with E-state index in [9.17, 15) is 4.79 Å². The van der Waals surface area contributed by atoms with Crippen molar-refractivity contribution in [1.82, 2.24) is 0 Å². The molecule has 0 saturated carbocycles. The lowest BCUT2D eigenvalue weighted by atomic mass is 10.2. The lowest BCUT2D eigenvalue weighted by molar-refractivity contribution is -0.122. The van der Waals surface area contributed by atoms with Crippen LogP contribution in [0.2, 0.25) is 0 Å². The summed E-state index contributed by atoms with van der Waals surface area (Å²) in [5.41, 5.74) is 1.77. The second-order valence-electron chi connectivity index (χ2n) is 5.41. The van der Waals surface area contributed by atoms with Gasteiger partial charge in [-0.2, -0.15) is 0 Å². The van der Waals surface area contributed by atoms with E-state index in [1.165, 1.54) is 0 Å². The molecule has 2 aromatic carbocycles. The third-order valence-corrected chi connectivity index (χ3v) is 3.46. The molecule has 0 aliphatic heterocycles. The molecule has 0 radical (unpaired) electrons. The van der Waals surface area contributed by atoms with Gasteiger partial charge in [-0.15, -0.1) is 0 Å². The highest BCUT2D eigenvalue weighted by Crippen LogP contribution is 2.24. The van der Waals surface area contributed by atoms with Gasteiger partial charge in [0.15, 0.2) is 6.10 Å². The number of nitrogens with one attached hydrogen (secondary N) is 1. The number of anilines is 1. The largest absolute Gasteiger partial charge is 0.487 e. The predicted molar refractivity (Wildman–Crippen MR) is 96.6 cm³/mol. The number of carbonyl (C=O) groups excluding carboxylic acids is 1. The number of benzene rings is 2. The molecule has 4 nitrogen and oxygen atoms in total. The van der Waals surface area contributed by atoms with Crippen molar-refractivity contribution in [2.45, 2.75) is 26.4 Å². The molecule has 1 atom stereocenters. The normalized spacial score (nSPS) is 11.4. The SMILES string of the molecule is C=CCOc1ccccc1NC(=O)C(CC)Oc1ccc(C)cc1. The smallest absolute Gasteiger partial charge is 0.265 e. The van der Waals surface area contributed by atoms with Crippen LogP contribution in [0.25, 0.3) is 0 Å². The Bertz CT molecular complexity index is 680. The summed E-state index contributed by atoms with van der Waals surface area (Å²) in [5.74, 6) is 1.09. The number of hydrogen-bond acceptors (Lipinski definition) is 3. The molecule has 0 aliphatic rings. The standard InChI is InChI=1S/C20H23NO3/c1-4-14-23-19-9-7-6-8-17(19)21-20(22)18(5-2)24-16-12-10-15(3)11-13-16/h4,6-13,18H,1,5,14H2,2-3H3,(H,21,22). The Kier molecular flexibility index (Phi) is 6.43. The van der Waals surface area contributed by atoms with Crippen LogP contribution < -0.4 is 14.8 Å². The van der Waals surface area contributed by atoms with Crippen LogP contribution in [0.5, 0.6) is 11.5 Å². The second-order valence-corrected chi connectivity index (χ2v) is 5.41. The van der Waals surface area contributed by atoms with E-state index in [4.69, 9.17) is 9.47 Å². The third-order valence-electron chi connectivity index (χ3n) is 3.46. The highest BCUT2D eigenvalue weighted by molar-refractivity contribution is 5.95. The van der Waals surface area contributed by atoms with Crippen LogP contribution in [0, 0.1) is 6.92 Å². The van der Waals surface area contributed by atoms with Gasteiger partial charge in [0.2, 0.25) is 0 Å². The zero-order chi connectivity index (χ0) is 17.4. The molecular weight excluding hydrogens is 302 g/mol. The van der Waals surface area contributed by atoms with Gasteiger partial charge in [-0.1, -0.05) is 49.4 Å². The first kappa shape index (κ1) is 17.6. The van der Waals surface area contributed by atoms with E-state index in [1.54, 1.807) is 18.2 Å². The summed E-state index contributed by atoms with van der Waals surface area (Å²) < 4.78 is 11.4. The number of ether oxygens (including phenoxy) is 2. The van der Waals surface area contributed by atoms with E-state index in [0.717, 1.165) is 5.56 Å². The molecule has 2 aromatic rings.